The van der Waals surface area contributed by atoms with Crippen molar-refractivity contribution in [1.29, 1.82) is 0 Å². The fraction of sp³-hybridized carbons (Fsp3) is 0.303. The zero-order valence-corrected chi connectivity index (χ0v) is 23.8. The Kier molecular flexibility index (Phi) is 8.90. The Bertz CT molecular complexity index is 1460. The quantitative estimate of drug-likeness (QED) is 0.250. The van der Waals surface area contributed by atoms with Crippen molar-refractivity contribution in [2.45, 2.75) is 65.8 Å². The van der Waals surface area contributed by atoms with Gasteiger partial charge in [0, 0.05) is 16.1 Å². The second-order valence-corrected chi connectivity index (χ2v) is 10.9. The van der Waals surface area contributed by atoms with E-state index in [2.05, 4.69) is 11.8 Å². The number of carbonyl (C=O) groups is 1. The van der Waals surface area contributed by atoms with Crippen LogP contribution in [-0.4, -0.2) is 27.4 Å². The molecule has 0 heterocycles. The number of halogens is 1. The van der Waals surface area contributed by atoms with E-state index in [9.17, 15) is 15.0 Å². The molecule has 0 spiro atoms. The molecule has 0 aromatic heterocycles. The van der Waals surface area contributed by atoms with Gasteiger partial charge in [-0.25, -0.2) is 4.79 Å². The molecule has 3 rings (SSSR count). The van der Waals surface area contributed by atoms with E-state index in [-0.39, 0.29) is 0 Å². The number of carboxylic acid groups (broad SMARTS) is 1. The molecule has 3 aromatic rings. The summed E-state index contributed by atoms with van der Waals surface area (Å²) < 4.78 is 6.09. The first-order valence-electron chi connectivity index (χ1n) is 12.6. The smallest absolute Gasteiger partial charge is 0.337 e. The van der Waals surface area contributed by atoms with Crippen molar-refractivity contribution in [2.75, 3.05) is 0 Å². The topological polar surface area (TPSA) is 66.8 Å². The van der Waals surface area contributed by atoms with E-state index >= 15 is 0 Å². The first-order valence-corrected chi connectivity index (χ1v) is 12.9. The van der Waals surface area contributed by atoms with Gasteiger partial charge >= 0.3 is 5.97 Å². The maximum absolute atomic E-state index is 12.5. The molecule has 0 amide bonds. The molecular formula is C33H35ClO4. The summed E-state index contributed by atoms with van der Waals surface area (Å²) in [6.45, 7) is 12.8. The number of fused-ring (bicyclic) bond motifs is 1. The van der Waals surface area contributed by atoms with Crippen LogP contribution in [0, 0.1) is 18.8 Å². The number of allylic oxidation sites excluding steroid dienone is 2. The predicted molar refractivity (Wildman–Crippen MR) is 156 cm³/mol. The Morgan fingerprint density at radius 3 is 2.26 bits per heavy atom. The fourth-order valence-corrected chi connectivity index (χ4v) is 4.59. The van der Waals surface area contributed by atoms with Gasteiger partial charge in [0.15, 0.2) is 6.10 Å². The minimum absolute atomic E-state index is 0.586. The van der Waals surface area contributed by atoms with Crippen LogP contribution in [0.15, 0.2) is 72.3 Å². The maximum atomic E-state index is 12.5. The highest BCUT2D eigenvalue weighted by Crippen LogP contribution is 2.41. The fourth-order valence-electron chi connectivity index (χ4n) is 4.47. The average molecular weight is 531 g/mol. The second kappa shape index (κ2) is 11.6. The van der Waals surface area contributed by atoms with Crippen LogP contribution in [0.3, 0.4) is 0 Å². The number of aliphatic hydroxyl groups is 1. The Morgan fingerprint density at radius 2 is 1.71 bits per heavy atom. The summed E-state index contributed by atoms with van der Waals surface area (Å²) in [6, 6.07) is 15.1. The third-order valence-corrected chi connectivity index (χ3v) is 6.40. The van der Waals surface area contributed by atoms with Gasteiger partial charge in [0.25, 0.3) is 0 Å². The van der Waals surface area contributed by atoms with Gasteiger partial charge < -0.3 is 14.9 Å². The molecule has 0 saturated heterocycles. The number of ether oxygens (including phenoxy) is 1. The summed E-state index contributed by atoms with van der Waals surface area (Å²) in [5.74, 6) is 5.05. The zero-order valence-electron chi connectivity index (χ0n) is 23.0. The standard InChI is InChI=1S/C33H35ClO4/c1-8-10-25(9-2)33(7,37)18-17-22-11-12-24-19-21(3)28(30(31(35)36)38-32(4,5)6)29(27(24)20-22)23-13-15-26(34)16-14-23/h8-16,19-20,30,37H,1-7H3,(H,35,36). The summed E-state index contributed by atoms with van der Waals surface area (Å²) in [5, 5.41) is 23.6. The van der Waals surface area contributed by atoms with Gasteiger partial charge in [-0.05, 0) is 106 Å². The van der Waals surface area contributed by atoms with Crippen LogP contribution in [0.2, 0.25) is 5.02 Å². The van der Waals surface area contributed by atoms with Gasteiger partial charge in [0.2, 0.25) is 0 Å². The highest BCUT2D eigenvalue weighted by molar-refractivity contribution is 6.30. The molecule has 0 aliphatic rings. The first-order chi connectivity index (χ1) is 17.8. The molecule has 0 fully saturated rings. The van der Waals surface area contributed by atoms with E-state index in [1.807, 2.05) is 96.2 Å². The first kappa shape index (κ1) is 29.2. The molecule has 3 aromatic carbocycles. The van der Waals surface area contributed by atoms with Crippen LogP contribution < -0.4 is 0 Å². The van der Waals surface area contributed by atoms with Gasteiger partial charge in [-0.3, -0.25) is 0 Å². The van der Waals surface area contributed by atoms with E-state index in [1.165, 1.54) is 0 Å². The molecular weight excluding hydrogens is 496 g/mol. The van der Waals surface area contributed by atoms with E-state index in [1.54, 1.807) is 19.1 Å². The van der Waals surface area contributed by atoms with E-state index in [4.69, 9.17) is 16.3 Å². The minimum Gasteiger partial charge on any atom is -0.479 e. The second-order valence-electron chi connectivity index (χ2n) is 10.4. The number of aryl methyl sites for hydroxylation is 1. The molecule has 0 aliphatic heterocycles. The maximum Gasteiger partial charge on any atom is 0.337 e. The van der Waals surface area contributed by atoms with Gasteiger partial charge in [0.1, 0.15) is 5.60 Å². The SMILES string of the molecule is CC=CC(=CC)C(C)(O)C#Cc1ccc2cc(C)c(C(OC(C)(C)C)C(=O)O)c(-c3ccc(Cl)cc3)c2c1. The Labute approximate surface area is 230 Å². The van der Waals surface area contributed by atoms with Crippen molar-refractivity contribution in [3.05, 3.63) is 94.0 Å². The number of rotatable bonds is 6. The minimum atomic E-state index is -1.33. The van der Waals surface area contributed by atoms with Crippen LogP contribution in [0.5, 0.6) is 0 Å². The molecule has 0 radical (unpaired) electrons. The Balaban J connectivity index is 2.34. The van der Waals surface area contributed by atoms with Crippen molar-refractivity contribution in [3.63, 3.8) is 0 Å². The number of hydrogen-bond acceptors (Lipinski definition) is 3. The molecule has 2 atom stereocenters. The van der Waals surface area contributed by atoms with Gasteiger partial charge in [0.05, 0.1) is 5.60 Å². The largest absolute Gasteiger partial charge is 0.479 e. The molecule has 2 N–H and O–H groups in total. The molecule has 0 aliphatic carbocycles. The number of benzene rings is 3. The molecule has 2 unspecified atom stereocenters. The van der Waals surface area contributed by atoms with Crippen LogP contribution >= 0.6 is 11.6 Å². The molecule has 5 heteroatoms. The van der Waals surface area contributed by atoms with Crippen molar-refractivity contribution in [3.8, 4) is 23.0 Å². The summed E-state index contributed by atoms with van der Waals surface area (Å²) >= 11 is 6.19. The van der Waals surface area contributed by atoms with Gasteiger partial charge in [-0.1, -0.05) is 65.9 Å². The predicted octanol–water partition coefficient (Wildman–Crippen LogP) is 8.03. The molecule has 38 heavy (non-hydrogen) atoms. The van der Waals surface area contributed by atoms with Crippen LogP contribution in [0.1, 0.15) is 64.3 Å². The third kappa shape index (κ3) is 6.74. The van der Waals surface area contributed by atoms with Crippen LogP contribution in [0.25, 0.3) is 21.9 Å². The summed E-state index contributed by atoms with van der Waals surface area (Å²) in [7, 11) is 0. The van der Waals surface area contributed by atoms with Crippen molar-refractivity contribution in [1.82, 2.24) is 0 Å². The van der Waals surface area contributed by atoms with Crippen molar-refractivity contribution in [2.24, 2.45) is 0 Å². The van der Waals surface area contributed by atoms with Gasteiger partial charge in [-0.15, -0.1) is 0 Å². The van der Waals surface area contributed by atoms with E-state index < -0.39 is 23.3 Å². The zero-order chi connectivity index (χ0) is 28.3. The van der Waals surface area contributed by atoms with E-state index in [0.717, 1.165) is 27.5 Å². The molecule has 0 bridgehead atoms. The lowest BCUT2D eigenvalue weighted by molar-refractivity contribution is -0.160. The van der Waals surface area contributed by atoms with Crippen LogP contribution in [-0.2, 0) is 9.53 Å². The van der Waals surface area contributed by atoms with Crippen LogP contribution in [0.4, 0.5) is 0 Å². The lowest BCUT2D eigenvalue weighted by Crippen LogP contribution is -2.28. The normalized spacial score (nSPS) is 14.7. The molecule has 198 valence electrons. The highest BCUT2D eigenvalue weighted by atomic mass is 35.5. The summed E-state index contributed by atoms with van der Waals surface area (Å²) in [5.41, 5.74) is 2.36. The Morgan fingerprint density at radius 1 is 1.05 bits per heavy atom. The summed E-state index contributed by atoms with van der Waals surface area (Å²) in [4.78, 5) is 12.5. The monoisotopic (exact) mass is 530 g/mol. The Hall–Kier alpha value is -3.36. The molecule has 0 saturated carbocycles. The van der Waals surface area contributed by atoms with Gasteiger partial charge in [-0.2, -0.15) is 0 Å². The lowest BCUT2D eigenvalue weighted by Gasteiger charge is -2.28. The average Bonchev–Trinajstić information content (AvgIpc) is 2.84. The molecule has 4 nitrogen and oxygen atoms in total. The third-order valence-electron chi connectivity index (χ3n) is 6.15. The van der Waals surface area contributed by atoms with Crippen molar-refractivity contribution < 1.29 is 19.7 Å². The highest BCUT2D eigenvalue weighted by Gasteiger charge is 2.31. The summed E-state index contributed by atoms with van der Waals surface area (Å²) in [6.07, 6.45) is 4.36. The van der Waals surface area contributed by atoms with E-state index in [0.29, 0.717) is 21.7 Å². The number of aliphatic carboxylic acids is 1. The number of carboxylic acids is 1. The number of hydrogen-bond donors (Lipinski definition) is 2. The lowest BCUT2D eigenvalue weighted by atomic mass is 9.86. The van der Waals surface area contributed by atoms with Crippen molar-refractivity contribution >= 4 is 28.3 Å².